The standard InChI is InChI=1S/C24H28N4O2S2/c29-20(26-24-10-14-7-15(11-24)9-16(8-14)12-24)13-31-19-4-2-1-3-18(19)21(30)25-23-28-27-22(32-23)17-5-6-17/h1-4,14-17H,5-13H2,(H,26,29)(H,25,28,30). The second-order valence-corrected chi connectivity index (χ2v) is 12.2. The van der Waals surface area contributed by atoms with E-state index in [0.717, 1.165) is 59.8 Å². The van der Waals surface area contributed by atoms with Crippen LogP contribution in [0, 0.1) is 17.8 Å². The number of benzene rings is 1. The first-order chi connectivity index (χ1) is 15.6. The molecule has 0 aliphatic heterocycles. The molecule has 2 aromatic rings. The maximum atomic E-state index is 12.9. The molecule has 0 radical (unpaired) electrons. The van der Waals surface area contributed by atoms with Crippen LogP contribution in [-0.2, 0) is 4.79 Å². The first-order valence-corrected chi connectivity index (χ1v) is 13.5. The number of rotatable bonds is 7. The minimum Gasteiger partial charge on any atom is -0.350 e. The van der Waals surface area contributed by atoms with Crippen LogP contribution in [0.4, 0.5) is 5.13 Å². The summed E-state index contributed by atoms with van der Waals surface area (Å²) in [4.78, 5) is 26.6. The lowest BCUT2D eigenvalue weighted by atomic mass is 9.53. The average molecular weight is 469 g/mol. The molecule has 1 heterocycles. The van der Waals surface area contributed by atoms with Crippen molar-refractivity contribution in [2.45, 2.75) is 67.7 Å². The van der Waals surface area contributed by atoms with Gasteiger partial charge in [-0.2, -0.15) is 0 Å². The van der Waals surface area contributed by atoms with Gasteiger partial charge in [0.15, 0.2) is 0 Å². The summed E-state index contributed by atoms with van der Waals surface area (Å²) in [5.74, 6) is 3.15. The van der Waals surface area contributed by atoms with Gasteiger partial charge in [-0.3, -0.25) is 14.9 Å². The average Bonchev–Trinajstić information content (AvgIpc) is 3.50. The number of aromatic nitrogens is 2. The van der Waals surface area contributed by atoms with Crippen LogP contribution < -0.4 is 10.6 Å². The molecule has 8 heteroatoms. The molecule has 1 aromatic heterocycles. The summed E-state index contributed by atoms with van der Waals surface area (Å²) < 4.78 is 0. The number of hydrogen-bond donors (Lipinski definition) is 2. The summed E-state index contributed by atoms with van der Waals surface area (Å²) in [7, 11) is 0. The Hall–Kier alpha value is -1.93. The van der Waals surface area contributed by atoms with Crippen LogP contribution in [-0.4, -0.2) is 33.3 Å². The van der Waals surface area contributed by atoms with E-state index in [-0.39, 0.29) is 17.4 Å². The summed E-state index contributed by atoms with van der Waals surface area (Å²) in [5, 5.41) is 16.2. The molecule has 1 aromatic carbocycles. The molecule has 5 aliphatic rings. The van der Waals surface area contributed by atoms with Crippen LogP contribution in [0.15, 0.2) is 29.2 Å². The fourth-order valence-corrected chi connectivity index (χ4v) is 8.22. The molecule has 0 atom stereocenters. The van der Waals surface area contributed by atoms with Gasteiger partial charge in [0.2, 0.25) is 11.0 Å². The van der Waals surface area contributed by atoms with Gasteiger partial charge in [-0.1, -0.05) is 23.5 Å². The fraction of sp³-hybridized carbons (Fsp3) is 0.583. The minimum absolute atomic E-state index is 0.0282. The van der Waals surface area contributed by atoms with Crippen LogP contribution in [0.25, 0.3) is 0 Å². The zero-order chi connectivity index (χ0) is 21.7. The summed E-state index contributed by atoms with van der Waals surface area (Å²) >= 11 is 2.89. The van der Waals surface area contributed by atoms with Gasteiger partial charge in [0.05, 0.1) is 11.3 Å². The lowest BCUT2D eigenvalue weighted by molar-refractivity contribution is -0.124. The minimum atomic E-state index is -0.201. The number of nitrogens with zero attached hydrogens (tertiary/aromatic N) is 2. The van der Waals surface area contributed by atoms with Crippen molar-refractivity contribution in [3.05, 3.63) is 34.8 Å². The molecule has 168 valence electrons. The van der Waals surface area contributed by atoms with E-state index in [0.29, 0.717) is 22.4 Å². The Bertz CT molecular complexity index is 1010. The number of anilines is 1. The molecule has 5 aliphatic carbocycles. The van der Waals surface area contributed by atoms with Crippen molar-refractivity contribution < 1.29 is 9.59 Å². The Morgan fingerprint density at radius 3 is 2.41 bits per heavy atom. The molecule has 7 rings (SSSR count). The molecule has 5 saturated carbocycles. The Labute approximate surface area is 196 Å². The highest BCUT2D eigenvalue weighted by Gasteiger charge is 2.51. The van der Waals surface area contributed by atoms with Crippen LogP contribution in [0.3, 0.4) is 0 Å². The molecule has 6 nitrogen and oxygen atoms in total. The van der Waals surface area contributed by atoms with E-state index in [1.807, 2.05) is 18.2 Å². The van der Waals surface area contributed by atoms with Gasteiger partial charge in [-0.05, 0) is 81.3 Å². The monoisotopic (exact) mass is 468 g/mol. The highest BCUT2D eigenvalue weighted by molar-refractivity contribution is 8.00. The summed E-state index contributed by atoms with van der Waals surface area (Å²) in [6, 6.07) is 7.47. The summed E-state index contributed by atoms with van der Waals surface area (Å²) in [5.41, 5.74) is 0.601. The lowest BCUT2D eigenvalue weighted by Gasteiger charge is -2.56. The van der Waals surface area contributed by atoms with E-state index >= 15 is 0 Å². The molecule has 0 unspecified atom stereocenters. The first-order valence-electron chi connectivity index (χ1n) is 11.7. The maximum absolute atomic E-state index is 12.9. The second kappa shape index (κ2) is 8.13. The Morgan fingerprint density at radius 2 is 1.72 bits per heavy atom. The van der Waals surface area contributed by atoms with Crippen LogP contribution >= 0.6 is 23.1 Å². The van der Waals surface area contributed by atoms with Gasteiger partial charge in [0.25, 0.3) is 5.91 Å². The SMILES string of the molecule is O=C(CSc1ccccc1C(=O)Nc1nnc(C2CC2)s1)NC12CC3CC(CC(C3)C1)C2. The van der Waals surface area contributed by atoms with Gasteiger partial charge in [-0.25, -0.2) is 0 Å². The van der Waals surface area contributed by atoms with Gasteiger partial charge >= 0.3 is 0 Å². The van der Waals surface area contributed by atoms with Crippen molar-refractivity contribution in [1.82, 2.24) is 15.5 Å². The number of carbonyl (C=O) groups is 2. The molecular formula is C24H28N4O2S2. The molecule has 32 heavy (non-hydrogen) atoms. The molecule has 4 bridgehead atoms. The van der Waals surface area contributed by atoms with E-state index in [1.54, 1.807) is 6.07 Å². The summed E-state index contributed by atoms with van der Waals surface area (Å²) in [6.45, 7) is 0. The van der Waals surface area contributed by atoms with Crippen molar-refractivity contribution in [2.75, 3.05) is 11.1 Å². The molecule has 0 spiro atoms. The van der Waals surface area contributed by atoms with Gasteiger partial charge in [0, 0.05) is 16.4 Å². The molecule has 2 N–H and O–H groups in total. The smallest absolute Gasteiger partial charge is 0.258 e. The van der Waals surface area contributed by atoms with Crippen LogP contribution in [0.1, 0.15) is 72.7 Å². The van der Waals surface area contributed by atoms with Gasteiger partial charge < -0.3 is 5.32 Å². The predicted octanol–water partition coefficient (Wildman–Crippen LogP) is 4.84. The van der Waals surface area contributed by atoms with Crippen molar-refractivity contribution in [3.63, 3.8) is 0 Å². The third-order valence-electron chi connectivity index (χ3n) is 7.52. The third-order valence-corrected chi connectivity index (χ3v) is 9.60. The van der Waals surface area contributed by atoms with E-state index < -0.39 is 0 Å². The number of nitrogens with one attached hydrogen (secondary N) is 2. The van der Waals surface area contributed by atoms with Gasteiger partial charge in [-0.15, -0.1) is 22.0 Å². The van der Waals surface area contributed by atoms with Gasteiger partial charge in [0.1, 0.15) is 5.01 Å². The number of amides is 2. The van der Waals surface area contributed by atoms with Crippen molar-refractivity contribution in [3.8, 4) is 0 Å². The second-order valence-electron chi connectivity index (χ2n) is 10.2. The Balaban J connectivity index is 1.08. The van der Waals surface area contributed by atoms with E-state index in [9.17, 15) is 9.59 Å². The lowest BCUT2D eigenvalue weighted by Crippen LogP contribution is -2.60. The summed E-state index contributed by atoms with van der Waals surface area (Å²) in [6.07, 6.45) is 9.87. The predicted molar refractivity (Wildman–Crippen MR) is 126 cm³/mol. The molecular weight excluding hydrogens is 440 g/mol. The van der Waals surface area contributed by atoms with Crippen LogP contribution in [0.2, 0.25) is 0 Å². The Kier molecular flexibility index (Phi) is 5.25. The van der Waals surface area contributed by atoms with E-state index in [2.05, 4.69) is 20.8 Å². The highest BCUT2D eigenvalue weighted by atomic mass is 32.2. The topological polar surface area (TPSA) is 84.0 Å². The zero-order valence-electron chi connectivity index (χ0n) is 18.0. The fourth-order valence-electron chi connectivity index (χ4n) is 6.46. The first kappa shape index (κ1) is 20.7. The highest BCUT2D eigenvalue weighted by Crippen LogP contribution is 2.55. The number of hydrogen-bond acceptors (Lipinski definition) is 6. The van der Waals surface area contributed by atoms with Crippen molar-refractivity contribution in [1.29, 1.82) is 0 Å². The largest absolute Gasteiger partial charge is 0.350 e. The Morgan fingerprint density at radius 1 is 1.03 bits per heavy atom. The van der Waals surface area contributed by atoms with Crippen LogP contribution in [0.5, 0.6) is 0 Å². The molecule has 5 fully saturated rings. The molecule has 0 saturated heterocycles. The zero-order valence-corrected chi connectivity index (χ0v) is 19.6. The quantitative estimate of drug-likeness (QED) is 0.568. The normalized spacial score (nSPS) is 30.3. The van der Waals surface area contributed by atoms with Crippen molar-refractivity contribution >= 4 is 40.0 Å². The number of thioether (sulfide) groups is 1. The number of carbonyl (C=O) groups excluding carboxylic acids is 2. The van der Waals surface area contributed by atoms with E-state index in [1.165, 1.54) is 42.4 Å². The van der Waals surface area contributed by atoms with E-state index in [4.69, 9.17) is 0 Å². The van der Waals surface area contributed by atoms with Crippen molar-refractivity contribution in [2.24, 2.45) is 17.8 Å². The third kappa shape index (κ3) is 4.19. The maximum Gasteiger partial charge on any atom is 0.258 e. The molecule has 2 amide bonds.